The van der Waals surface area contributed by atoms with Crippen molar-refractivity contribution in [2.45, 2.75) is 6.42 Å². The predicted molar refractivity (Wildman–Crippen MR) is 70.7 cm³/mol. The van der Waals surface area contributed by atoms with Gasteiger partial charge in [0.1, 0.15) is 0 Å². The highest BCUT2D eigenvalue weighted by Crippen LogP contribution is 2.31. The summed E-state index contributed by atoms with van der Waals surface area (Å²) >= 11 is 17.8. The minimum Gasteiger partial charge on any atom is -0.0826 e. The Hall–Kier alpha value is -0.690. The van der Waals surface area contributed by atoms with Crippen molar-refractivity contribution in [2.75, 3.05) is 0 Å². The molecule has 0 aliphatic rings. The molecule has 0 heterocycles. The van der Waals surface area contributed by atoms with Gasteiger partial charge in [0, 0.05) is 0 Å². The topological polar surface area (TPSA) is 0 Å². The van der Waals surface area contributed by atoms with Crippen LogP contribution in [-0.4, -0.2) is 0 Å². The van der Waals surface area contributed by atoms with Crippen molar-refractivity contribution < 1.29 is 0 Å². The summed E-state index contributed by atoms with van der Waals surface area (Å²) in [5.74, 6) is 0. The summed E-state index contributed by atoms with van der Waals surface area (Å²) in [6.07, 6.45) is 0.803. The Morgan fingerprint density at radius 1 is 0.750 bits per heavy atom. The molecule has 16 heavy (non-hydrogen) atoms. The lowest BCUT2D eigenvalue weighted by Crippen LogP contribution is -1.88. The van der Waals surface area contributed by atoms with Crippen molar-refractivity contribution in [1.82, 2.24) is 0 Å². The van der Waals surface area contributed by atoms with Crippen LogP contribution in [0.15, 0.2) is 42.5 Å². The molecule has 0 fully saturated rings. The molecule has 0 atom stereocenters. The lowest BCUT2D eigenvalue weighted by Gasteiger charge is -2.05. The van der Waals surface area contributed by atoms with Gasteiger partial charge in [0.25, 0.3) is 0 Å². The number of hydrogen-bond acceptors (Lipinski definition) is 0. The third-order valence-corrected chi connectivity index (χ3v) is 3.49. The molecule has 0 saturated heterocycles. The highest BCUT2D eigenvalue weighted by Gasteiger charge is 2.06. The summed E-state index contributed by atoms with van der Waals surface area (Å²) in [6.45, 7) is 0. The first-order valence-electron chi connectivity index (χ1n) is 4.84. The van der Waals surface area contributed by atoms with Crippen molar-refractivity contribution in [3.05, 3.63) is 68.7 Å². The second-order valence-electron chi connectivity index (χ2n) is 3.54. The van der Waals surface area contributed by atoms with Crippen molar-refractivity contribution in [2.24, 2.45) is 0 Å². The molecule has 0 spiro atoms. The van der Waals surface area contributed by atoms with Crippen LogP contribution >= 0.6 is 34.8 Å². The Bertz CT molecular complexity index is 469. The van der Waals surface area contributed by atoms with Gasteiger partial charge >= 0.3 is 0 Å². The van der Waals surface area contributed by atoms with E-state index in [0.29, 0.717) is 15.1 Å². The molecule has 2 aromatic carbocycles. The predicted octanol–water partition coefficient (Wildman–Crippen LogP) is 5.24. The second-order valence-corrected chi connectivity index (χ2v) is 4.73. The summed E-state index contributed by atoms with van der Waals surface area (Å²) < 4.78 is 0. The summed E-state index contributed by atoms with van der Waals surface area (Å²) in [5.41, 5.74) is 2.28. The zero-order chi connectivity index (χ0) is 11.5. The normalized spacial score (nSPS) is 10.4. The first-order chi connectivity index (χ1) is 7.66. The third kappa shape index (κ3) is 2.70. The fourth-order valence-corrected chi connectivity index (χ4v) is 2.18. The van der Waals surface area contributed by atoms with Gasteiger partial charge in [0.15, 0.2) is 0 Å². The van der Waals surface area contributed by atoms with E-state index in [1.165, 1.54) is 5.56 Å². The van der Waals surface area contributed by atoms with Crippen LogP contribution in [0, 0.1) is 0 Å². The Balaban J connectivity index is 2.29. The second kappa shape index (κ2) is 5.09. The Kier molecular flexibility index (Phi) is 3.75. The van der Waals surface area contributed by atoms with E-state index in [9.17, 15) is 0 Å². The van der Waals surface area contributed by atoms with Gasteiger partial charge < -0.3 is 0 Å². The fourth-order valence-electron chi connectivity index (χ4n) is 1.54. The molecule has 0 saturated carbocycles. The number of halogens is 3. The molecule has 3 heteroatoms. The highest BCUT2D eigenvalue weighted by molar-refractivity contribution is 6.48. The average Bonchev–Trinajstić information content (AvgIpc) is 2.27. The third-order valence-electron chi connectivity index (χ3n) is 2.29. The van der Waals surface area contributed by atoms with E-state index in [1.807, 2.05) is 30.3 Å². The molecular weight excluding hydrogens is 263 g/mol. The molecule has 0 radical (unpaired) electrons. The van der Waals surface area contributed by atoms with Crippen LogP contribution in [0.5, 0.6) is 0 Å². The Morgan fingerprint density at radius 2 is 1.31 bits per heavy atom. The lowest BCUT2D eigenvalue weighted by molar-refractivity contribution is 1.19. The van der Waals surface area contributed by atoms with Crippen LogP contribution in [-0.2, 0) is 6.42 Å². The molecule has 0 unspecified atom stereocenters. The number of hydrogen-bond donors (Lipinski definition) is 0. The molecule has 2 rings (SSSR count). The molecule has 82 valence electrons. The van der Waals surface area contributed by atoms with Crippen molar-refractivity contribution in [3.63, 3.8) is 0 Å². The van der Waals surface area contributed by atoms with Crippen molar-refractivity contribution in [1.29, 1.82) is 0 Å². The molecule has 0 aliphatic carbocycles. The van der Waals surface area contributed by atoms with Gasteiger partial charge in [-0.05, 0) is 29.7 Å². The van der Waals surface area contributed by atoms with Gasteiger partial charge in [0.05, 0.1) is 15.1 Å². The highest BCUT2D eigenvalue weighted by atomic mass is 35.5. The largest absolute Gasteiger partial charge is 0.0826 e. The summed E-state index contributed by atoms with van der Waals surface area (Å²) in [4.78, 5) is 0. The summed E-state index contributed by atoms with van der Waals surface area (Å²) in [7, 11) is 0. The van der Waals surface area contributed by atoms with E-state index >= 15 is 0 Å². The van der Waals surface area contributed by atoms with Crippen LogP contribution in [0.3, 0.4) is 0 Å². The molecule has 0 amide bonds. The first-order valence-corrected chi connectivity index (χ1v) is 5.97. The van der Waals surface area contributed by atoms with E-state index in [2.05, 4.69) is 12.1 Å². The lowest BCUT2D eigenvalue weighted by atomic mass is 10.1. The van der Waals surface area contributed by atoms with Crippen LogP contribution in [0.1, 0.15) is 11.1 Å². The van der Waals surface area contributed by atoms with Gasteiger partial charge in [-0.25, -0.2) is 0 Å². The van der Waals surface area contributed by atoms with Crippen LogP contribution in [0.4, 0.5) is 0 Å². The van der Waals surface area contributed by atoms with E-state index in [-0.39, 0.29) is 0 Å². The number of benzene rings is 2. The molecule has 0 bridgehead atoms. The Labute approximate surface area is 110 Å². The average molecular weight is 272 g/mol. The van der Waals surface area contributed by atoms with E-state index in [1.54, 1.807) is 0 Å². The zero-order valence-corrected chi connectivity index (χ0v) is 10.7. The smallest absolute Gasteiger partial charge is 0.0778 e. The first kappa shape index (κ1) is 11.8. The summed E-state index contributed by atoms with van der Waals surface area (Å²) in [6, 6.07) is 13.8. The van der Waals surface area contributed by atoms with Crippen molar-refractivity contribution in [3.8, 4) is 0 Å². The van der Waals surface area contributed by atoms with Crippen molar-refractivity contribution >= 4 is 34.8 Å². The minimum absolute atomic E-state index is 0.417. The van der Waals surface area contributed by atoms with Gasteiger partial charge in [-0.1, -0.05) is 65.1 Å². The quantitative estimate of drug-likeness (QED) is 0.655. The summed E-state index contributed by atoms with van der Waals surface area (Å²) in [5, 5.41) is 1.42. The SMILES string of the molecule is Clc1cc(Cc2ccccc2)cc(Cl)c1Cl. The van der Waals surface area contributed by atoms with Gasteiger partial charge in [0.2, 0.25) is 0 Å². The van der Waals surface area contributed by atoms with E-state index < -0.39 is 0 Å². The monoisotopic (exact) mass is 270 g/mol. The molecule has 0 aliphatic heterocycles. The maximum atomic E-state index is 5.97. The maximum Gasteiger partial charge on any atom is 0.0778 e. The van der Waals surface area contributed by atoms with Gasteiger partial charge in [-0.2, -0.15) is 0 Å². The maximum absolute atomic E-state index is 5.97. The molecule has 0 nitrogen and oxygen atoms in total. The zero-order valence-electron chi connectivity index (χ0n) is 8.38. The fraction of sp³-hybridized carbons (Fsp3) is 0.0769. The van der Waals surface area contributed by atoms with Crippen LogP contribution in [0.25, 0.3) is 0 Å². The van der Waals surface area contributed by atoms with E-state index in [0.717, 1.165) is 12.0 Å². The molecule has 0 N–H and O–H groups in total. The molecule has 0 aromatic heterocycles. The number of rotatable bonds is 2. The van der Waals surface area contributed by atoms with E-state index in [4.69, 9.17) is 34.8 Å². The molecule has 2 aromatic rings. The van der Waals surface area contributed by atoms with Gasteiger partial charge in [-0.15, -0.1) is 0 Å². The Morgan fingerprint density at radius 3 is 1.88 bits per heavy atom. The van der Waals surface area contributed by atoms with Crippen LogP contribution < -0.4 is 0 Å². The van der Waals surface area contributed by atoms with Gasteiger partial charge in [-0.3, -0.25) is 0 Å². The standard InChI is InChI=1S/C13H9Cl3/c14-11-7-10(8-12(15)13(11)16)6-9-4-2-1-3-5-9/h1-5,7-8H,6H2. The minimum atomic E-state index is 0.417. The molecular formula is C13H9Cl3. The van der Waals surface area contributed by atoms with Crippen LogP contribution in [0.2, 0.25) is 15.1 Å².